The molecular formula is C22H26F2N2OS. The first kappa shape index (κ1) is 20.8. The molecule has 0 aromatic heterocycles. The minimum absolute atomic E-state index is 0.0244. The van der Waals surface area contributed by atoms with Crippen LogP contribution in [-0.2, 0) is 11.3 Å². The lowest BCUT2D eigenvalue weighted by molar-refractivity contribution is -0.132. The molecule has 1 saturated heterocycles. The molecule has 0 bridgehead atoms. The van der Waals surface area contributed by atoms with Crippen molar-refractivity contribution < 1.29 is 13.6 Å². The third-order valence-corrected chi connectivity index (χ3v) is 5.96. The van der Waals surface area contributed by atoms with Gasteiger partial charge in [0, 0.05) is 31.0 Å². The molecule has 0 saturated carbocycles. The lowest BCUT2D eigenvalue weighted by Gasteiger charge is -2.29. The first-order chi connectivity index (χ1) is 13.4. The fraction of sp³-hybridized carbons (Fsp3) is 0.409. The molecule has 1 atom stereocenters. The van der Waals surface area contributed by atoms with Crippen molar-refractivity contribution in [1.82, 2.24) is 9.80 Å². The number of carbonyl (C=O) groups excluding carboxylic acids is 1. The van der Waals surface area contributed by atoms with Crippen LogP contribution in [0.25, 0.3) is 0 Å². The van der Waals surface area contributed by atoms with Crippen LogP contribution < -0.4 is 0 Å². The molecule has 3 rings (SSSR count). The Kier molecular flexibility index (Phi) is 7.08. The summed E-state index contributed by atoms with van der Waals surface area (Å²) in [6, 6.07) is 13.0. The molecule has 0 N–H and O–H groups in total. The van der Waals surface area contributed by atoms with E-state index in [9.17, 15) is 13.6 Å². The van der Waals surface area contributed by atoms with Crippen molar-refractivity contribution in [2.45, 2.75) is 25.8 Å². The number of hydrogen-bond donors (Lipinski definition) is 0. The van der Waals surface area contributed by atoms with Gasteiger partial charge in [-0.15, -0.1) is 11.8 Å². The Morgan fingerprint density at radius 3 is 2.57 bits per heavy atom. The van der Waals surface area contributed by atoms with Gasteiger partial charge in [0.1, 0.15) is 17.0 Å². The van der Waals surface area contributed by atoms with Crippen molar-refractivity contribution in [2.75, 3.05) is 25.4 Å². The van der Waals surface area contributed by atoms with Gasteiger partial charge in [0.25, 0.3) is 0 Å². The van der Waals surface area contributed by atoms with Crippen LogP contribution in [0.2, 0.25) is 0 Å². The zero-order valence-corrected chi connectivity index (χ0v) is 17.1. The van der Waals surface area contributed by atoms with Gasteiger partial charge in [-0.05, 0) is 29.7 Å². The number of benzene rings is 2. The molecule has 150 valence electrons. The Balaban J connectivity index is 1.71. The number of nitrogens with zero attached hydrogens (tertiary/aromatic N) is 2. The summed E-state index contributed by atoms with van der Waals surface area (Å²) in [6.07, 6.45) is 0. The van der Waals surface area contributed by atoms with Crippen LogP contribution in [0.1, 0.15) is 30.3 Å². The van der Waals surface area contributed by atoms with Gasteiger partial charge in [0.15, 0.2) is 0 Å². The number of amides is 1. The molecule has 2 aromatic rings. The summed E-state index contributed by atoms with van der Waals surface area (Å²) >= 11 is 1.69. The molecule has 0 radical (unpaired) electrons. The van der Waals surface area contributed by atoms with E-state index < -0.39 is 0 Å². The minimum Gasteiger partial charge on any atom is -0.325 e. The van der Waals surface area contributed by atoms with Crippen molar-refractivity contribution in [2.24, 2.45) is 5.92 Å². The van der Waals surface area contributed by atoms with Crippen molar-refractivity contribution >= 4 is 17.7 Å². The fourth-order valence-corrected chi connectivity index (χ4v) is 4.76. The van der Waals surface area contributed by atoms with Gasteiger partial charge >= 0.3 is 0 Å². The average molecular weight is 405 g/mol. The molecule has 3 nitrogen and oxygen atoms in total. The molecule has 0 spiro atoms. The molecule has 1 fully saturated rings. The quantitative estimate of drug-likeness (QED) is 0.668. The van der Waals surface area contributed by atoms with Crippen LogP contribution in [0.4, 0.5) is 8.78 Å². The van der Waals surface area contributed by atoms with E-state index in [0.29, 0.717) is 31.1 Å². The highest BCUT2D eigenvalue weighted by Crippen LogP contribution is 2.38. The number of thioether (sulfide) groups is 1. The van der Waals surface area contributed by atoms with Gasteiger partial charge in [0.2, 0.25) is 5.91 Å². The van der Waals surface area contributed by atoms with Crippen LogP contribution in [-0.4, -0.2) is 41.1 Å². The van der Waals surface area contributed by atoms with Crippen LogP contribution >= 0.6 is 11.8 Å². The molecule has 0 aliphatic carbocycles. The molecule has 1 aliphatic heterocycles. The van der Waals surface area contributed by atoms with E-state index in [0.717, 1.165) is 11.3 Å². The predicted molar refractivity (Wildman–Crippen MR) is 110 cm³/mol. The van der Waals surface area contributed by atoms with Gasteiger partial charge in [-0.3, -0.25) is 9.69 Å². The van der Waals surface area contributed by atoms with Crippen molar-refractivity contribution in [1.29, 1.82) is 0 Å². The molecule has 6 heteroatoms. The molecule has 1 amide bonds. The summed E-state index contributed by atoms with van der Waals surface area (Å²) in [5.41, 5.74) is 1.53. The maximum Gasteiger partial charge on any atom is 0.237 e. The first-order valence-corrected chi connectivity index (χ1v) is 10.6. The highest BCUT2D eigenvalue weighted by molar-refractivity contribution is 7.99. The Labute approximate surface area is 169 Å². The zero-order chi connectivity index (χ0) is 20.1. The summed E-state index contributed by atoms with van der Waals surface area (Å²) in [5.74, 6) is 0.713. The maximum absolute atomic E-state index is 14.1. The third kappa shape index (κ3) is 5.32. The Hall–Kier alpha value is -1.92. The van der Waals surface area contributed by atoms with Gasteiger partial charge < -0.3 is 4.90 Å². The smallest absolute Gasteiger partial charge is 0.237 e. The van der Waals surface area contributed by atoms with Crippen molar-refractivity contribution in [3.05, 3.63) is 71.3 Å². The van der Waals surface area contributed by atoms with Gasteiger partial charge in [0.05, 0.1) is 6.54 Å². The lowest BCUT2D eigenvalue weighted by Crippen LogP contribution is -2.41. The van der Waals surface area contributed by atoms with Gasteiger partial charge in [-0.2, -0.15) is 0 Å². The normalized spacial score (nSPS) is 16.9. The Morgan fingerprint density at radius 2 is 1.89 bits per heavy atom. The van der Waals surface area contributed by atoms with Crippen molar-refractivity contribution in [3.8, 4) is 0 Å². The van der Waals surface area contributed by atoms with E-state index in [-0.39, 0.29) is 29.5 Å². The second-order valence-electron chi connectivity index (χ2n) is 7.52. The van der Waals surface area contributed by atoms with Crippen molar-refractivity contribution in [3.63, 3.8) is 0 Å². The predicted octanol–water partition coefficient (Wildman–Crippen LogP) is 4.70. The monoisotopic (exact) mass is 404 g/mol. The van der Waals surface area contributed by atoms with E-state index in [2.05, 4.69) is 13.8 Å². The third-order valence-electron chi connectivity index (χ3n) is 4.70. The van der Waals surface area contributed by atoms with E-state index in [1.165, 1.54) is 18.2 Å². The Bertz CT molecular complexity index is 797. The molecule has 1 heterocycles. The van der Waals surface area contributed by atoms with E-state index in [4.69, 9.17) is 0 Å². The topological polar surface area (TPSA) is 23.6 Å². The molecular weight excluding hydrogens is 378 g/mol. The number of carbonyl (C=O) groups is 1. The summed E-state index contributed by atoms with van der Waals surface area (Å²) in [6.45, 7) is 6.20. The SMILES string of the molecule is CC(C)CN(CC(=O)N1CCSC1c1ccc(F)cc1)Cc1ccccc1F. The van der Waals surface area contributed by atoms with Crippen LogP contribution in [0.3, 0.4) is 0 Å². The number of rotatable bonds is 7. The summed E-state index contributed by atoms with van der Waals surface area (Å²) in [7, 11) is 0. The number of hydrogen-bond acceptors (Lipinski definition) is 3. The Morgan fingerprint density at radius 1 is 1.18 bits per heavy atom. The van der Waals surface area contributed by atoms with Crippen LogP contribution in [0.5, 0.6) is 0 Å². The second kappa shape index (κ2) is 9.52. The highest BCUT2D eigenvalue weighted by atomic mass is 32.2. The maximum atomic E-state index is 14.1. The number of halogens is 2. The van der Waals surface area contributed by atoms with Gasteiger partial charge in [-0.25, -0.2) is 8.78 Å². The van der Waals surface area contributed by atoms with E-state index >= 15 is 0 Å². The second-order valence-corrected chi connectivity index (χ2v) is 8.70. The summed E-state index contributed by atoms with van der Waals surface area (Å²) in [4.78, 5) is 16.9. The average Bonchev–Trinajstić information content (AvgIpc) is 3.13. The highest BCUT2D eigenvalue weighted by Gasteiger charge is 2.31. The first-order valence-electron chi connectivity index (χ1n) is 9.56. The molecule has 1 unspecified atom stereocenters. The summed E-state index contributed by atoms with van der Waals surface area (Å²) < 4.78 is 27.3. The van der Waals surface area contributed by atoms with Crippen LogP contribution in [0, 0.1) is 17.6 Å². The molecule has 2 aromatic carbocycles. The molecule has 28 heavy (non-hydrogen) atoms. The molecule has 1 aliphatic rings. The lowest BCUT2D eigenvalue weighted by atomic mass is 10.1. The van der Waals surface area contributed by atoms with Gasteiger partial charge in [-0.1, -0.05) is 44.2 Å². The fourth-order valence-electron chi connectivity index (χ4n) is 3.48. The zero-order valence-electron chi connectivity index (χ0n) is 16.3. The largest absolute Gasteiger partial charge is 0.325 e. The van der Waals surface area contributed by atoms with E-state index in [1.807, 2.05) is 15.9 Å². The minimum atomic E-state index is -0.280. The standard InChI is InChI=1S/C22H26F2N2OS/c1-16(2)13-25(14-18-5-3-4-6-20(18)24)15-21(27)26-11-12-28-22(26)17-7-9-19(23)10-8-17/h3-10,16,22H,11-15H2,1-2H3. The van der Waals surface area contributed by atoms with E-state index in [1.54, 1.807) is 36.0 Å². The summed E-state index contributed by atoms with van der Waals surface area (Å²) in [5, 5.41) is -0.0949. The van der Waals surface area contributed by atoms with Crippen LogP contribution in [0.15, 0.2) is 48.5 Å².